The number of rotatable bonds is 5. The van der Waals surface area contributed by atoms with Crippen molar-refractivity contribution in [1.82, 2.24) is 4.72 Å². The minimum absolute atomic E-state index is 0.0784. The molecule has 0 saturated carbocycles. The van der Waals surface area contributed by atoms with Crippen LogP contribution in [0.5, 0.6) is 0 Å². The minimum atomic E-state index is -3.88. The molecular weight excluding hydrogens is 304 g/mol. The third kappa shape index (κ3) is 3.55. The Balaban J connectivity index is 2.16. The summed E-state index contributed by atoms with van der Waals surface area (Å²) >= 11 is 0. The van der Waals surface area contributed by atoms with Crippen molar-refractivity contribution in [3.05, 3.63) is 29.8 Å². The van der Waals surface area contributed by atoms with Gasteiger partial charge in [-0.25, -0.2) is 26.7 Å². The van der Waals surface area contributed by atoms with Gasteiger partial charge < -0.3 is 4.74 Å². The Labute approximate surface area is 118 Å². The fourth-order valence-electron chi connectivity index (χ4n) is 1.98. The summed E-state index contributed by atoms with van der Waals surface area (Å²) in [5.74, 6) is 0. The third-order valence-corrected chi connectivity index (χ3v) is 5.88. The van der Waals surface area contributed by atoms with Gasteiger partial charge in [-0.1, -0.05) is 18.2 Å². The highest BCUT2D eigenvalue weighted by Gasteiger charge is 2.29. The number of primary sulfonamides is 1. The fraction of sp³-hybridized carbons (Fsp3) is 0.455. The Kier molecular flexibility index (Phi) is 4.45. The minimum Gasteiger partial charge on any atom is -0.380 e. The number of benzene rings is 1. The van der Waals surface area contributed by atoms with Gasteiger partial charge in [0.1, 0.15) is 5.25 Å². The van der Waals surface area contributed by atoms with Crippen LogP contribution in [-0.4, -0.2) is 35.3 Å². The Hall–Kier alpha value is -1.00. The zero-order valence-corrected chi connectivity index (χ0v) is 12.3. The lowest BCUT2D eigenvalue weighted by atomic mass is 10.2. The molecule has 112 valence electrons. The zero-order chi connectivity index (χ0) is 14.8. The van der Waals surface area contributed by atoms with Gasteiger partial charge in [0.15, 0.2) is 0 Å². The highest BCUT2D eigenvalue weighted by Crippen LogP contribution is 2.16. The average Bonchev–Trinajstić information content (AvgIpc) is 2.90. The normalized spacial score (nSPS) is 20.1. The molecule has 20 heavy (non-hydrogen) atoms. The van der Waals surface area contributed by atoms with Crippen LogP contribution in [0.3, 0.4) is 0 Å². The first-order chi connectivity index (χ1) is 9.31. The van der Waals surface area contributed by atoms with E-state index in [1.54, 1.807) is 6.07 Å². The number of ether oxygens (including phenoxy) is 1. The third-order valence-electron chi connectivity index (χ3n) is 3.07. The summed E-state index contributed by atoms with van der Waals surface area (Å²) in [4.78, 5) is -0.0784. The molecule has 0 amide bonds. The Morgan fingerprint density at radius 1 is 1.25 bits per heavy atom. The van der Waals surface area contributed by atoms with E-state index in [1.807, 2.05) is 0 Å². The maximum absolute atomic E-state index is 12.0. The topological polar surface area (TPSA) is 116 Å². The molecule has 1 atom stereocenters. The van der Waals surface area contributed by atoms with Gasteiger partial charge in [-0.2, -0.15) is 0 Å². The summed E-state index contributed by atoms with van der Waals surface area (Å²) in [7, 11) is -7.41. The summed E-state index contributed by atoms with van der Waals surface area (Å²) < 4.78 is 54.3. The second kappa shape index (κ2) is 5.78. The molecule has 0 bridgehead atoms. The van der Waals surface area contributed by atoms with Gasteiger partial charge in [0.25, 0.3) is 0 Å². The van der Waals surface area contributed by atoms with Crippen molar-refractivity contribution in [2.75, 3.05) is 13.2 Å². The van der Waals surface area contributed by atoms with Crippen molar-refractivity contribution >= 4 is 20.0 Å². The zero-order valence-electron chi connectivity index (χ0n) is 10.7. The summed E-state index contributed by atoms with van der Waals surface area (Å²) in [6.45, 7) is 0.455. The van der Waals surface area contributed by atoms with Crippen LogP contribution < -0.4 is 9.86 Å². The summed E-state index contributed by atoms with van der Waals surface area (Å²) in [6.07, 6.45) is 0.437. The van der Waals surface area contributed by atoms with Crippen LogP contribution in [-0.2, 0) is 31.3 Å². The number of hydrogen-bond donors (Lipinski definition) is 2. The lowest BCUT2D eigenvalue weighted by Gasteiger charge is -2.12. The molecule has 2 rings (SSSR count). The van der Waals surface area contributed by atoms with E-state index in [0.717, 1.165) is 0 Å². The van der Waals surface area contributed by atoms with E-state index >= 15 is 0 Å². The molecule has 0 aromatic heterocycles. The number of sulfonamides is 2. The molecule has 1 aliphatic heterocycles. The Bertz CT molecular complexity index is 679. The first-order valence-corrected chi connectivity index (χ1v) is 9.07. The number of hydrogen-bond acceptors (Lipinski definition) is 5. The highest BCUT2D eigenvalue weighted by atomic mass is 32.2. The molecule has 0 spiro atoms. The summed E-state index contributed by atoms with van der Waals surface area (Å²) in [5.41, 5.74) is 0.317. The molecule has 7 nitrogen and oxygen atoms in total. The lowest BCUT2D eigenvalue weighted by molar-refractivity contribution is 0.198. The molecule has 1 aromatic rings. The van der Waals surface area contributed by atoms with Crippen molar-refractivity contribution in [2.24, 2.45) is 5.14 Å². The molecule has 0 aliphatic carbocycles. The van der Waals surface area contributed by atoms with Crippen LogP contribution in [0.25, 0.3) is 0 Å². The SMILES string of the molecule is NS(=O)(=O)c1ccccc1CNS(=O)(=O)C1CCOC1. The molecular formula is C11H16N2O5S2. The molecule has 1 saturated heterocycles. The van der Waals surface area contributed by atoms with Gasteiger partial charge in [0.05, 0.1) is 11.5 Å². The monoisotopic (exact) mass is 320 g/mol. The van der Waals surface area contributed by atoms with E-state index in [4.69, 9.17) is 9.88 Å². The van der Waals surface area contributed by atoms with Crippen molar-refractivity contribution in [3.63, 3.8) is 0 Å². The van der Waals surface area contributed by atoms with E-state index < -0.39 is 25.3 Å². The Morgan fingerprint density at radius 2 is 1.95 bits per heavy atom. The lowest BCUT2D eigenvalue weighted by Crippen LogP contribution is -2.34. The molecule has 1 aromatic carbocycles. The molecule has 0 radical (unpaired) electrons. The maximum Gasteiger partial charge on any atom is 0.238 e. The van der Waals surface area contributed by atoms with Gasteiger partial charge in [-0.3, -0.25) is 0 Å². The van der Waals surface area contributed by atoms with Gasteiger partial charge in [0, 0.05) is 13.2 Å². The van der Waals surface area contributed by atoms with Crippen molar-refractivity contribution < 1.29 is 21.6 Å². The van der Waals surface area contributed by atoms with Crippen LogP contribution in [0, 0.1) is 0 Å². The van der Waals surface area contributed by atoms with Crippen molar-refractivity contribution in [1.29, 1.82) is 0 Å². The van der Waals surface area contributed by atoms with E-state index in [-0.39, 0.29) is 18.0 Å². The average molecular weight is 320 g/mol. The van der Waals surface area contributed by atoms with Gasteiger partial charge in [0.2, 0.25) is 20.0 Å². The maximum atomic E-state index is 12.0. The summed E-state index contributed by atoms with van der Waals surface area (Å²) in [5, 5.41) is 4.50. The predicted octanol–water partition coefficient (Wildman–Crippen LogP) is -0.458. The largest absolute Gasteiger partial charge is 0.380 e. The van der Waals surface area contributed by atoms with Crippen molar-refractivity contribution in [3.8, 4) is 0 Å². The van der Waals surface area contributed by atoms with Crippen LogP contribution >= 0.6 is 0 Å². The smallest absolute Gasteiger partial charge is 0.238 e. The fourth-order valence-corrected chi connectivity index (χ4v) is 4.03. The van der Waals surface area contributed by atoms with Crippen molar-refractivity contribution in [2.45, 2.75) is 23.1 Å². The number of nitrogens with one attached hydrogen (secondary N) is 1. The predicted molar refractivity (Wildman–Crippen MR) is 72.8 cm³/mol. The summed E-state index contributed by atoms with van der Waals surface area (Å²) in [6, 6.07) is 6.02. The second-order valence-electron chi connectivity index (χ2n) is 4.50. The quantitative estimate of drug-likeness (QED) is 0.762. The standard InChI is InChI=1S/C11H16N2O5S2/c12-19(14,15)11-4-2-1-3-9(11)7-13-20(16,17)10-5-6-18-8-10/h1-4,10,13H,5-8H2,(H2,12,14,15). The first kappa shape index (κ1) is 15.4. The molecule has 1 heterocycles. The van der Waals surface area contributed by atoms with Crippen LogP contribution in [0.15, 0.2) is 29.2 Å². The molecule has 1 aliphatic rings. The van der Waals surface area contributed by atoms with Gasteiger partial charge in [-0.05, 0) is 18.1 Å². The second-order valence-corrected chi connectivity index (χ2v) is 8.08. The molecule has 9 heteroatoms. The van der Waals surface area contributed by atoms with E-state index in [9.17, 15) is 16.8 Å². The van der Waals surface area contributed by atoms with E-state index in [0.29, 0.717) is 18.6 Å². The van der Waals surface area contributed by atoms with Gasteiger partial charge in [-0.15, -0.1) is 0 Å². The van der Waals surface area contributed by atoms with E-state index in [2.05, 4.69) is 4.72 Å². The van der Waals surface area contributed by atoms with Gasteiger partial charge >= 0.3 is 0 Å². The highest BCUT2D eigenvalue weighted by molar-refractivity contribution is 7.90. The Morgan fingerprint density at radius 3 is 2.55 bits per heavy atom. The number of nitrogens with two attached hydrogens (primary N) is 1. The van der Waals surface area contributed by atoms with Crippen LogP contribution in [0.1, 0.15) is 12.0 Å². The van der Waals surface area contributed by atoms with E-state index in [1.165, 1.54) is 18.2 Å². The van der Waals surface area contributed by atoms with Crippen LogP contribution in [0.4, 0.5) is 0 Å². The first-order valence-electron chi connectivity index (χ1n) is 5.97. The molecule has 1 unspecified atom stereocenters. The molecule has 1 fully saturated rings. The van der Waals surface area contributed by atoms with Crippen LogP contribution in [0.2, 0.25) is 0 Å². The molecule has 3 N–H and O–H groups in total.